The van der Waals surface area contributed by atoms with Crippen molar-refractivity contribution in [1.29, 1.82) is 0 Å². The van der Waals surface area contributed by atoms with Crippen LogP contribution >= 0.6 is 0 Å². The van der Waals surface area contributed by atoms with Crippen molar-refractivity contribution in [3.63, 3.8) is 0 Å². The number of nitrogens with zero attached hydrogens (tertiary/aromatic N) is 1. The Balaban J connectivity index is 1.92. The summed E-state index contributed by atoms with van der Waals surface area (Å²) in [5.41, 5.74) is 2.18. The van der Waals surface area contributed by atoms with E-state index in [0.29, 0.717) is 0 Å². The summed E-state index contributed by atoms with van der Waals surface area (Å²) >= 11 is 0. The van der Waals surface area contributed by atoms with Crippen LogP contribution in [0, 0.1) is 10.1 Å². The van der Waals surface area contributed by atoms with E-state index in [2.05, 4.69) is 24.3 Å². The first-order chi connectivity index (χ1) is 10.2. The van der Waals surface area contributed by atoms with Crippen LogP contribution in [-0.4, -0.2) is 4.92 Å². The van der Waals surface area contributed by atoms with Crippen molar-refractivity contribution < 1.29 is 4.92 Å². The molecular weight excluding hydrogens is 262 g/mol. The molecule has 0 aliphatic heterocycles. The first-order valence-electron chi connectivity index (χ1n) is 6.64. The van der Waals surface area contributed by atoms with E-state index in [9.17, 15) is 10.1 Å². The highest BCUT2D eigenvalue weighted by atomic mass is 16.6. The molecule has 0 atom stereocenters. The van der Waals surface area contributed by atoms with Gasteiger partial charge in [-0.3, -0.25) is 10.1 Å². The smallest absolute Gasteiger partial charge is 0.258 e. The van der Waals surface area contributed by atoms with Crippen LogP contribution in [0.25, 0.3) is 22.9 Å². The molecule has 3 heteroatoms. The summed E-state index contributed by atoms with van der Waals surface area (Å²) in [7, 11) is 0. The lowest BCUT2D eigenvalue weighted by Crippen LogP contribution is -1.86. The van der Waals surface area contributed by atoms with Gasteiger partial charge in [-0.05, 0) is 34.0 Å². The van der Waals surface area contributed by atoms with Gasteiger partial charge in [0.25, 0.3) is 5.69 Å². The fourth-order valence-corrected chi connectivity index (χ4v) is 2.29. The summed E-state index contributed by atoms with van der Waals surface area (Å²) < 4.78 is 0. The second-order valence-corrected chi connectivity index (χ2v) is 4.75. The minimum Gasteiger partial charge on any atom is -0.258 e. The van der Waals surface area contributed by atoms with Crippen molar-refractivity contribution in [2.24, 2.45) is 0 Å². The Hall–Kier alpha value is -2.94. The van der Waals surface area contributed by atoms with Crippen LogP contribution < -0.4 is 0 Å². The lowest BCUT2D eigenvalue weighted by atomic mass is 10.0. The molecule has 0 heterocycles. The number of nitro benzene ring substituents is 1. The van der Waals surface area contributed by atoms with Crippen LogP contribution in [0.15, 0.2) is 66.7 Å². The number of rotatable bonds is 3. The van der Waals surface area contributed by atoms with Crippen molar-refractivity contribution in [3.8, 4) is 0 Å². The third-order valence-electron chi connectivity index (χ3n) is 3.38. The molecule has 0 aliphatic rings. The van der Waals surface area contributed by atoms with E-state index < -0.39 is 4.92 Å². The van der Waals surface area contributed by atoms with Gasteiger partial charge in [-0.15, -0.1) is 0 Å². The van der Waals surface area contributed by atoms with Gasteiger partial charge in [0.15, 0.2) is 0 Å². The van der Waals surface area contributed by atoms with E-state index in [1.165, 1.54) is 22.9 Å². The molecular formula is C18H13NO2. The molecule has 3 rings (SSSR count). The summed E-state index contributed by atoms with van der Waals surface area (Å²) in [5.74, 6) is 0. The Bertz CT molecular complexity index is 815. The summed E-state index contributed by atoms with van der Waals surface area (Å²) in [6.45, 7) is 0. The number of hydrogen-bond donors (Lipinski definition) is 0. The SMILES string of the molecule is O=[N+]([O-])c1ccc(C=Cc2cccc3ccccc23)cc1. The standard InChI is InChI=1S/C18H13NO2/c20-19(21)17-12-9-14(10-13-17)8-11-16-6-3-5-15-4-1-2-7-18(15)16/h1-13H. The van der Waals surface area contributed by atoms with Gasteiger partial charge in [0, 0.05) is 12.1 Å². The maximum atomic E-state index is 10.6. The van der Waals surface area contributed by atoms with Gasteiger partial charge >= 0.3 is 0 Å². The van der Waals surface area contributed by atoms with Gasteiger partial charge in [-0.2, -0.15) is 0 Å². The Morgan fingerprint density at radius 1 is 0.810 bits per heavy atom. The molecule has 21 heavy (non-hydrogen) atoms. The normalized spacial score (nSPS) is 11.0. The molecule has 3 aromatic rings. The molecule has 0 saturated heterocycles. The zero-order chi connectivity index (χ0) is 14.7. The first-order valence-corrected chi connectivity index (χ1v) is 6.64. The second-order valence-electron chi connectivity index (χ2n) is 4.75. The Kier molecular flexibility index (Phi) is 3.48. The Morgan fingerprint density at radius 2 is 1.52 bits per heavy atom. The van der Waals surface area contributed by atoms with Crippen molar-refractivity contribution in [3.05, 3.63) is 88.0 Å². The molecule has 0 fully saturated rings. The third-order valence-corrected chi connectivity index (χ3v) is 3.38. The summed E-state index contributed by atoms with van der Waals surface area (Å²) in [6, 6.07) is 20.9. The van der Waals surface area contributed by atoms with E-state index >= 15 is 0 Å². The molecule has 0 amide bonds. The van der Waals surface area contributed by atoms with Gasteiger partial charge in [0.1, 0.15) is 0 Å². The molecule has 0 N–H and O–H groups in total. The monoisotopic (exact) mass is 275 g/mol. The highest BCUT2D eigenvalue weighted by Crippen LogP contribution is 2.21. The van der Waals surface area contributed by atoms with E-state index in [4.69, 9.17) is 0 Å². The fraction of sp³-hybridized carbons (Fsp3) is 0. The topological polar surface area (TPSA) is 43.1 Å². The highest BCUT2D eigenvalue weighted by Gasteiger charge is 2.02. The minimum atomic E-state index is -0.391. The molecule has 0 bridgehead atoms. The molecule has 3 nitrogen and oxygen atoms in total. The number of benzene rings is 3. The fourth-order valence-electron chi connectivity index (χ4n) is 2.29. The number of nitro groups is 1. The van der Waals surface area contributed by atoms with Crippen LogP contribution in [0.2, 0.25) is 0 Å². The highest BCUT2D eigenvalue weighted by molar-refractivity contribution is 5.92. The molecule has 0 spiro atoms. The van der Waals surface area contributed by atoms with Gasteiger partial charge in [0.2, 0.25) is 0 Å². The van der Waals surface area contributed by atoms with Crippen LogP contribution in [0.5, 0.6) is 0 Å². The summed E-state index contributed by atoms with van der Waals surface area (Å²) in [4.78, 5) is 10.2. The zero-order valence-corrected chi connectivity index (χ0v) is 11.3. The van der Waals surface area contributed by atoms with Crippen LogP contribution in [0.4, 0.5) is 5.69 Å². The second kappa shape index (κ2) is 5.59. The predicted octanol–water partition coefficient (Wildman–Crippen LogP) is 4.92. The lowest BCUT2D eigenvalue weighted by molar-refractivity contribution is -0.384. The maximum Gasteiger partial charge on any atom is 0.269 e. The average Bonchev–Trinajstić information content (AvgIpc) is 2.53. The molecule has 3 aromatic carbocycles. The molecule has 0 unspecified atom stereocenters. The summed E-state index contributed by atoms with van der Waals surface area (Å²) in [5, 5.41) is 13.0. The number of hydrogen-bond acceptors (Lipinski definition) is 2. The van der Waals surface area contributed by atoms with Gasteiger partial charge in [0.05, 0.1) is 4.92 Å². The predicted molar refractivity (Wildman–Crippen MR) is 86.0 cm³/mol. The lowest BCUT2D eigenvalue weighted by Gasteiger charge is -2.01. The van der Waals surface area contributed by atoms with E-state index in [-0.39, 0.29) is 5.69 Å². The molecule has 0 radical (unpaired) electrons. The average molecular weight is 275 g/mol. The number of non-ortho nitro benzene ring substituents is 1. The van der Waals surface area contributed by atoms with Gasteiger partial charge < -0.3 is 0 Å². The van der Waals surface area contributed by atoms with Crippen molar-refractivity contribution in [2.75, 3.05) is 0 Å². The molecule has 0 saturated carbocycles. The molecule has 0 aromatic heterocycles. The van der Waals surface area contributed by atoms with E-state index in [1.54, 1.807) is 12.1 Å². The minimum absolute atomic E-state index is 0.109. The Morgan fingerprint density at radius 3 is 2.29 bits per heavy atom. The van der Waals surface area contributed by atoms with Crippen molar-refractivity contribution in [2.45, 2.75) is 0 Å². The zero-order valence-electron chi connectivity index (χ0n) is 11.3. The van der Waals surface area contributed by atoms with Crippen LogP contribution in [-0.2, 0) is 0 Å². The molecule has 102 valence electrons. The molecule has 0 aliphatic carbocycles. The van der Waals surface area contributed by atoms with Gasteiger partial charge in [-0.25, -0.2) is 0 Å². The third kappa shape index (κ3) is 2.82. The largest absolute Gasteiger partial charge is 0.269 e. The first kappa shape index (κ1) is 13.1. The number of fused-ring (bicyclic) bond motifs is 1. The van der Waals surface area contributed by atoms with E-state index in [0.717, 1.165) is 11.1 Å². The quantitative estimate of drug-likeness (QED) is 0.387. The van der Waals surface area contributed by atoms with Crippen LogP contribution in [0.3, 0.4) is 0 Å². The van der Waals surface area contributed by atoms with Crippen LogP contribution in [0.1, 0.15) is 11.1 Å². The van der Waals surface area contributed by atoms with Crippen molar-refractivity contribution in [1.82, 2.24) is 0 Å². The Labute approximate surface area is 122 Å². The van der Waals surface area contributed by atoms with Crippen molar-refractivity contribution >= 4 is 28.6 Å². The maximum absolute atomic E-state index is 10.6. The van der Waals surface area contributed by atoms with Gasteiger partial charge in [-0.1, -0.05) is 54.6 Å². The van der Waals surface area contributed by atoms with E-state index in [1.807, 2.05) is 30.4 Å². The summed E-state index contributed by atoms with van der Waals surface area (Å²) in [6.07, 6.45) is 4.00.